The number of hydrogen-bond acceptors (Lipinski definition) is 6. The highest BCUT2D eigenvalue weighted by molar-refractivity contribution is 7.93. The number of rotatable bonds is 4. The van der Waals surface area contributed by atoms with E-state index in [1.54, 1.807) is 24.3 Å². The number of nitrogens with zero attached hydrogens (tertiary/aromatic N) is 2. The van der Waals surface area contributed by atoms with Gasteiger partial charge in [0.05, 0.1) is 21.1 Å². The summed E-state index contributed by atoms with van der Waals surface area (Å²) in [5, 5.41) is 23.6. The molecule has 3 aromatic carbocycles. The van der Waals surface area contributed by atoms with Gasteiger partial charge in [0.15, 0.2) is 0 Å². The zero-order chi connectivity index (χ0) is 20.1. The lowest BCUT2D eigenvalue weighted by Crippen LogP contribution is -2.14. The average molecular weight is 394 g/mol. The van der Waals surface area contributed by atoms with Crippen molar-refractivity contribution < 1.29 is 18.1 Å². The topological polar surface area (TPSA) is 142 Å². The van der Waals surface area contributed by atoms with E-state index in [2.05, 4.69) is 10.0 Å². The van der Waals surface area contributed by atoms with Crippen LogP contribution in [-0.4, -0.2) is 19.2 Å². The fraction of sp³-hybridized carbons (Fsp3) is 0. The third kappa shape index (κ3) is 2.62. The second kappa shape index (κ2) is 6.04. The molecule has 3 aromatic rings. The van der Waals surface area contributed by atoms with Crippen LogP contribution in [0.5, 0.6) is 0 Å². The van der Waals surface area contributed by atoms with Gasteiger partial charge in [0.1, 0.15) is 6.07 Å². The fourth-order valence-corrected chi connectivity index (χ4v) is 4.41. The quantitative estimate of drug-likeness (QED) is 0.514. The number of nitro groups is 1. The number of sulfonamides is 1. The van der Waals surface area contributed by atoms with E-state index in [9.17, 15) is 28.6 Å². The lowest BCUT2D eigenvalue weighted by molar-refractivity contribution is -0.384. The summed E-state index contributed by atoms with van der Waals surface area (Å²) in [4.78, 5) is 22.1. The SMILES string of the molecule is N#Cc1cc([N+](=O)[O-])ccc1NS(=O)(=O)c1ccc2c3c(cccc13)C(=O)N2. The molecule has 0 atom stereocenters. The van der Waals surface area contributed by atoms with Crippen LogP contribution < -0.4 is 10.0 Å². The predicted octanol–water partition coefficient (Wildman–Crippen LogP) is 2.99. The Balaban J connectivity index is 1.84. The summed E-state index contributed by atoms with van der Waals surface area (Å²) in [6, 6.07) is 12.6. The number of nitro benzene ring substituents is 1. The number of nitrogens with one attached hydrogen (secondary N) is 2. The third-order valence-corrected chi connectivity index (χ3v) is 5.79. The molecular formula is C18H10N4O5S. The van der Waals surface area contributed by atoms with Crippen LogP contribution in [-0.2, 0) is 10.0 Å². The molecule has 0 saturated carbocycles. The number of non-ortho nitro benzene ring substituents is 1. The van der Waals surface area contributed by atoms with E-state index in [1.807, 2.05) is 0 Å². The molecule has 0 saturated heterocycles. The smallest absolute Gasteiger partial charge is 0.270 e. The molecule has 2 N–H and O–H groups in total. The van der Waals surface area contributed by atoms with Crippen LogP contribution in [0, 0.1) is 21.4 Å². The van der Waals surface area contributed by atoms with Crippen LogP contribution in [0.25, 0.3) is 10.8 Å². The standard InChI is InChI=1S/C18H10N4O5S/c19-9-10-8-11(22(24)25)4-5-14(10)21-28(26,27)16-7-6-15-17-12(16)2-1-3-13(17)18(23)20-15/h1-8,21H,(H,20,23). The molecule has 138 valence electrons. The minimum Gasteiger partial charge on any atom is -0.321 e. The Morgan fingerprint density at radius 3 is 2.64 bits per heavy atom. The molecule has 1 aliphatic heterocycles. The monoisotopic (exact) mass is 394 g/mol. The number of nitriles is 1. The summed E-state index contributed by atoms with van der Waals surface area (Å²) >= 11 is 0. The maximum atomic E-state index is 13.0. The van der Waals surface area contributed by atoms with Crippen LogP contribution in [0.3, 0.4) is 0 Å². The Bertz CT molecular complexity index is 1340. The van der Waals surface area contributed by atoms with E-state index in [0.29, 0.717) is 22.0 Å². The molecule has 0 radical (unpaired) electrons. The van der Waals surface area contributed by atoms with E-state index in [0.717, 1.165) is 12.1 Å². The Hall–Kier alpha value is -3.97. The predicted molar refractivity (Wildman–Crippen MR) is 101 cm³/mol. The van der Waals surface area contributed by atoms with Gasteiger partial charge >= 0.3 is 0 Å². The Kier molecular flexibility index (Phi) is 3.76. The van der Waals surface area contributed by atoms with Crippen molar-refractivity contribution in [3.8, 4) is 6.07 Å². The second-order valence-corrected chi connectivity index (χ2v) is 7.65. The summed E-state index contributed by atoms with van der Waals surface area (Å²) in [6.07, 6.45) is 0. The first-order chi connectivity index (χ1) is 13.3. The minimum absolute atomic E-state index is 0.0770. The number of hydrogen-bond donors (Lipinski definition) is 2. The van der Waals surface area contributed by atoms with E-state index < -0.39 is 14.9 Å². The molecule has 0 fully saturated rings. The molecule has 1 amide bonds. The van der Waals surface area contributed by atoms with Gasteiger partial charge in [-0.05, 0) is 24.3 Å². The normalized spacial score (nSPS) is 12.5. The van der Waals surface area contributed by atoms with Crippen molar-refractivity contribution in [3.63, 3.8) is 0 Å². The maximum Gasteiger partial charge on any atom is 0.270 e. The minimum atomic E-state index is -4.14. The summed E-state index contributed by atoms with van der Waals surface area (Å²) < 4.78 is 28.2. The summed E-state index contributed by atoms with van der Waals surface area (Å²) in [5.74, 6) is -0.315. The molecule has 10 heteroatoms. The van der Waals surface area contributed by atoms with Crippen LogP contribution in [0.4, 0.5) is 17.1 Å². The van der Waals surface area contributed by atoms with Crippen molar-refractivity contribution in [1.29, 1.82) is 5.26 Å². The number of anilines is 2. The third-order valence-electron chi connectivity index (χ3n) is 4.36. The zero-order valence-corrected chi connectivity index (χ0v) is 14.8. The first-order valence-electron chi connectivity index (χ1n) is 7.90. The van der Waals surface area contributed by atoms with E-state index in [1.165, 1.54) is 18.2 Å². The molecule has 4 rings (SSSR count). The highest BCUT2D eigenvalue weighted by Crippen LogP contribution is 2.37. The van der Waals surface area contributed by atoms with Crippen molar-refractivity contribution in [2.24, 2.45) is 0 Å². The Morgan fingerprint density at radius 2 is 1.93 bits per heavy atom. The van der Waals surface area contributed by atoms with Gasteiger partial charge < -0.3 is 5.32 Å². The first-order valence-corrected chi connectivity index (χ1v) is 9.38. The zero-order valence-electron chi connectivity index (χ0n) is 14.0. The molecule has 28 heavy (non-hydrogen) atoms. The van der Waals surface area contributed by atoms with Crippen LogP contribution in [0.15, 0.2) is 53.4 Å². The number of amides is 1. The molecule has 9 nitrogen and oxygen atoms in total. The Labute approximate surface area is 158 Å². The number of carbonyl (C=O) groups is 1. The van der Waals surface area contributed by atoms with Crippen LogP contribution in [0.1, 0.15) is 15.9 Å². The molecule has 0 unspecified atom stereocenters. The summed E-state index contributed by atoms with van der Waals surface area (Å²) in [6.45, 7) is 0. The van der Waals surface area contributed by atoms with Crippen molar-refractivity contribution >= 4 is 43.8 Å². The van der Waals surface area contributed by atoms with Gasteiger partial charge in [0.2, 0.25) is 0 Å². The van der Waals surface area contributed by atoms with Crippen molar-refractivity contribution in [3.05, 3.63) is 69.8 Å². The van der Waals surface area contributed by atoms with Gasteiger partial charge in [-0.25, -0.2) is 8.42 Å². The number of carbonyl (C=O) groups excluding carboxylic acids is 1. The Morgan fingerprint density at radius 1 is 1.14 bits per heavy atom. The molecule has 0 spiro atoms. The molecular weight excluding hydrogens is 384 g/mol. The number of benzene rings is 3. The van der Waals surface area contributed by atoms with Crippen LogP contribution in [0.2, 0.25) is 0 Å². The highest BCUT2D eigenvalue weighted by atomic mass is 32.2. The largest absolute Gasteiger partial charge is 0.321 e. The summed E-state index contributed by atoms with van der Waals surface area (Å²) in [7, 11) is -4.14. The lowest BCUT2D eigenvalue weighted by Gasteiger charge is -2.12. The van der Waals surface area contributed by atoms with Crippen LogP contribution >= 0.6 is 0 Å². The van der Waals surface area contributed by atoms with Gasteiger partial charge in [-0.2, -0.15) is 5.26 Å². The maximum absolute atomic E-state index is 13.0. The van der Waals surface area contributed by atoms with Crippen molar-refractivity contribution in [2.75, 3.05) is 10.0 Å². The molecule has 0 bridgehead atoms. The summed E-state index contributed by atoms with van der Waals surface area (Å²) in [5.41, 5.74) is 0.306. The molecule has 1 heterocycles. The average Bonchev–Trinajstić information content (AvgIpc) is 2.99. The van der Waals surface area contributed by atoms with Gasteiger partial charge in [-0.1, -0.05) is 12.1 Å². The molecule has 0 aliphatic carbocycles. The van der Waals surface area contributed by atoms with Crippen molar-refractivity contribution in [1.82, 2.24) is 0 Å². The van der Waals surface area contributed by atoms with Gasteiger partial charge in [-0.3, -0.25) is 19.6 Å². The van der Waals surface area contributed by atoms with Gasteiger partial charge in [0.25, 0.3) is 21.6 Å². The van der Waals surface area contributed by atoms with Crippen molar-refractivity contribution in [2.45, 2.75) is 4.90 Å². The fourth-order valence-electron chi connectivity index (χ4n) is 3.12. The second-order valence-electron chi connectivity index (χ2n) is 6.00. The first kappa shape index (κ1) is 17.4. The van der Waals surface area contributed by atoms with Gasteiger partial charge in [0, 0.05) is 34.2 Å². The highest BCUT2D eigenvalue weighted by Gasteiger charge is 2.27. The van der Waals surface area contributed by atoms with Gasteiger partial charge in [-0.15, -0.1) is 0 Å². The lowest BCUT2D eigenvalue weighted by atomic mass is 10.1. The van der Waals surface area contributed by atoms with E-state index in [4.69, 9.17) is 0 Å². The van der Waals surface area contributed by atoms with E-state index >= 15 is 0 Å². The molecule has 0 aromatic heterocycles. The van der Waals surface area contributed by atoms with E-state index in [-0.39, 0.29) is 27.7 Å². The molecule has 1 aliphatic rings.